The van der Waals surface area contributed by atoms with E-state index in [1.807, 2.05) is 53.5 Å². The number of thiazole rings is 1. The molecule has 0 bridgehead atoms. The number of phenols is 1. The molecular weight excluding hydrogens is 1220 g/mol. The van der Waals surface area contributed by atoms with E-state index >= 15 is 4.79 Å². The van der Waals surface area contributed by atoms with E-state index in [-0.39, 0.29) is 105 Å². The van der Waals surface area contributed by atoms with Crippen LogP contribution >= 0.6 is 32.9 Å². The first-order chi connectivity index (χ1) is 42.1. The van der Waals surface area contributed by atoms with Crippen LogP contribution in [0.3, 0.4) is 0 Å². The zero-order valence-corrected chi connectivity index (χ0v) is 55.1. The van der Waals surface area contributed by atoms with Crippen LogP contribution in [0.5, 0.6) is 5.75 Å². The van der Waals surface area contributed by atoms with Gasteiger partial charge < -0.3 is 71.6 Å². The Morgan fingerprint density at radius 3 is 2.20 bits per heavy atom. The van der Waals surface area contributed by atoms with Gasteiger partial charge in [-0.2, -0.15) is 0 Å². The van der Waals surface area contributed by atoms with Crippen LogP contribution in [-0.2, 0) is 54.2 Å². The summed E-state index contributed by atoms with van der Waals surface area (Å²) in [5.74, 6) is -4.62. The Hall–Kier alpha value is -5.86. The number of nitrogens with one attached hydrogen (secondary N) is 6. The van der Waals surface area contributed by atoms with Crippen LogP contribution in [0.4, 0.5) is 4.79 Å². The Kier molecular flexibility index (Phi) is 35.5. The molecule has 3 rings (SSSR count). The molecule has 502 valence electrons. The summed E-state index contributed by atoms with van der Waals surface area (Å²) in [6, 6.07) is 2.50. The molecule has 89 heavy (non-hydrogen) atoms. The van der Waals surface area contributed by atoms with Crippen molar-refractivity contribution < 1.29 is 82.9 Å². The van der Waals surface area contributed by atoms with Gasteiger partial charge in [-0.1, -0.05) is 95.0 Å². The maximum atomic E-state index is 15.0. The van der Waals surface area contributed by atoms with Crippen molar-refractivity contribution in [1.82, 2.24) is 46.9 Å². The van der Waals surface area contributed by atoms with Gasteiger partial charge in [0, 0.05) is 74.2 Å². The molecule has 0 spiro atoms. The number of hydrazine groups is 1. The molecule has 0 saturated carbocycles. The number of nitrogens with zero attached hydrogens (tertiary/aromatic N) is 3. The first-order valence-electron chi connectivity index (χ1n) is 30.3. The van der Waals surface area contributed by atoms with Gasteiger partial charge in [-0.15, -0.1) is 11.3 Å². The van der Waals surface area contributed by atoms with Crippen LogP contribution in [0, 0.1) is 23.7 Å². The van der Waals surface area contributed by atoms with Gasteiger partial charge in [0.05, 0.1) is 24.8 Å². The fourth-order valence-corrected chi connectivity index (χ4v) is 12.1. The van der Waals surface area contributed by atoms with E-state index in [4.69, 9.17) is 25.1 Å². The summed E-state index contributed by atoms with van der Waals surface area (Å²) in [5.41, 5.74) is 11.2. The quantitative estimate of drug-likeness (QED) is 0.0114. The number of aliphatic hydroxyl groups excluding tert-OH is 4. The number of likely N-dealkylation sites (N-methyl/N-ethyl adjacent to an activating group) is 1. The summed E-state index contributed by atoms with van der Waals surface area (Å²) >= 11 is 1.06. The lowest BCUT2D eigenvalue weighted by Crippen LogP contribution is -2.59. The van der Waals surface area contributed by atoms with Crippen LogP contribution in [-0.4, -0.2) is 200 Å². The maximum Gasteiger partial charge on any atom is 0.426 e. The van der Waals surface area contributed by atoms with Crippen LogP contribution in [0.1, 0.15) is 147 Å². The van der Waals surface area contributed by atoms with Crippen LogP contribution < -0.4 is 37.9 Å². The first-order valence-corrected chi connectivity index (χ1v) is 33.6. The highest BCUT2D eigenvalue weighted by atomic mass is 33.1. The van der Waals surface area contributed by atoms with Crippen molar-refractivity contribution in [2.45, 2.75) is 181 Å². The van der Waals surface area contributed by atoms with Crippen molar-refractivity contribution in [2.75, 3.05) is 58.1 Å². The van der Waals surface area contributed by atoms with Gasteiger partial charge in [0.1, 0.15) is 41.3 Å². The minimum Gasteiger partial charge on any atom is -0.508 e. The van der Waals surface area contributed by atoms with Crippen molar-refractivity contribution in [2.24, 2.45) is 29.4 Å². The molecule has 2 aromatic rings. The molecule has 2 heterocycles. The molecule has 1 aromatic heterocycles. The number of nitrogens with two attached hydrogens (primary N) is 1. The molecule has 1 aliphatic heterocycles. The molecule has 1 saturated heterocycles. The number of amides is 7. The predicted molar refractivity (Wildman–Crippen MR) is 336 cm³/mol. The molecule has 30 heteroatoms. The van der Waals surface area contributed by atoms with E-state index in [1.165, 1.54) is 50.9 Å². The standard InChI is InChI=1S/C59H96N10O17S3/c1-10-36(6)51(65-56(81)44-13-11-12-23-68(44)9)58(82)69(33-85-50(76)27-34(2)3)45(35(4)5)30-48(86-38(8)71)57-64-43(32-87-57)55(80)63-40(29-39-14-16-41(72)17-15-39)28-37(7)53(78)66-67-59(83)84-24-26-89-88-25-22-62-54(79)42(60)18-19-49(75)61-21-20-46(73)52(77)47(74)31-70/h14-17,32,34-37,40,42,44-48,51-52,70,72-74,77H,10-13,18-31,33,60H2,1-9H3,(H,61,75)(H,62,79)(H,63,80)(H,65,81)(H,66,78)(H,67,83)/t36?,37-,40+,42-,44+,45+,46+,47+,48?,51-,52-/m0/s1. The normalized spacial score (nSPS) is 16.8. The second-order valence-corrected chi connectivity index (χ2v) is 26.7. The summed E-state index contributed by atoms with van der Waals surface area (Å²) in [6.45, 7) is 13.9. The number of hydrogen-bond acceptors (Lipinski definition) is 23. The number of esters is 2. The van der Waals surface area contributed by atoms with E-state index in [2.05, 4.69) is 37.1 Å². The number of ether oxygens (including phenoxy) is 3. The number of piperidine rings is 1. The largest absolute Gasteiger partial charge is 0.508 e. The van der Waals surface area contributed by atoms with E-state index in [0.717, 1.165) is 36.3 Å². The molecule has 1 aromatic carbocycles. The van der Waals surface area contributed by atoms with Gasteiger partial charge in [0.2, 0.25) is 29.5 Å². The van der Waals surface area contributed by atoms with Crippen LogP contribution in [0.15, 0.2) is 29.6 Å². The van der Waals surface area contributed by atoms with Gasteiger partial charge >= 0.3 is 18.0 Å². The third-order valence-corrected chi connectivity index (χ3v) is 18.2. The number of rotatable bonds is 39. The molecule has 0 aliphatic carbocycles. The Balaban J connectivity index is 1.62. The zero-order chi connectivity index (χ0) is 66.3. The van der Waals surface area contributed by atoms with Gasteiger partial charge in [0.25, 0.3) is 5.91 Å². The lowest BCUT2D eigenvalue weighted by molar-refractivity contribution is -0.161. The number of benzene rings is 1. The molecule has 1 aliphatic rings. The number of carbonyl (C=O) groups is 9. The van der Waals surface area contributed by atoms with E-state index in [0.29, 0.717) is 24.3 Å². The monoisotopic (exact) mass is 1310 g/mol. The first kappa shape index (κ1) is 77.4. The average molecular weight is 1310 g/mol. The number of hydrogen-bond donors (Lipinski definition) is 12. The van der Waals surface area contributed by atoms with Crippen molar-refractivity contribution >= 4 is 86.4 Å². The molecule has 0 radical (unpaired) electrons. The molecule has 11 atom stereocenters. The maximum absolute atomic E-state index is 15.0. The summed E-state index contributed by atoms with van der Waals surface area (Å²) in [6.07, 6.45) is -3.20. The van der Waals surface area contributed by atoms with E-state index in [1.54, 1.807) is 19.1 Å². The van der Waals surface area contributed by atoms with Gasteiger partial charge in [-0.25, -0.2) is 15.2 Å². The molecule has 27 nitrogen and oxygen atoms in total. The number of aliphatic hydroxyl groups is 4. The van der Waals surface area contributed by atoms with Crippen molar-refractivity contribution in [3.8, 4) is 5.75 Å². The lowest BCUT2D eigenvalue weighted by Gasteiger charge is -2.39. The highest BCUT2D eigenvalue weighted by Crippen LogP contribution is 2.32. The molecule has 7 amide bonds. The third kappa shape index (κ3) is 28.5. The third-order valence-electron chi connectivity index (χ3n) is 14.9. The average Bonchev–Trinajstić information content (AvgIpc) is 2.25. The SMILES string of the molecule is CCC(C)[C@H](NC(=O)[C@H]1CCCCN1C)C(=O)N(COC(=O)CC(C)C)[C@H](CC(OC(C)=O)c1nc(C(=O)N[C@@H](Cc2ccc(O)cc2)C[C@H](C)C(=O)NNC(=O)OCCSSCCNC(=O)[C@@H](N)CCC(=O)NCC[C@@H](O)[C@H](O)[C@H](O)CO)cs1)C(C)C. The van der Waals surface area contributed by atoms with E-state index in [9.17, 15) is 58.8 Å². The molecule has 1 fully saturated rings. The van der Waals surface area contributed by atoms with Gasteiger partial charge in [-0.05, 0) is 87.6 Å². The number of aromatic nitrogens is 1. The minimum absolute atomic E-state index is 0.0135. The highest BCUT2D eigenvalue weighted by Gasteiger charge is 2.40. The molecular formula is C59H96N10O17S3. The Morgan fingerprint density at radius 1 is 0.865 bits per heavy atom. The zero-order valence-electron chi connectivity index (χ0n) is 52.6. The Labute approximate surface area is 533 Å². The Morgan fingerprint density at radius 2 is 1.56 bits per heavy atom. The van der Waals surface area contributed by atoms with Crippen molar-refractivity contribution in [3.05, 3.63) is 45.9 Å². The topological polar surface area (TPSA) is 400 Å². The summed E-state index contributed by atoms with van der Waals surface area (Å²) in [7, 11) is 4.64. The smallest absolute Gasteiger partial charge is 0.426 e. The fourth-order valence-electron chi connectivity index (χ4n) is 9.50. The Bertz CT molecular complexity index is 2550. The number of phenolic OH excluding ortho intramolecular Hbond substituents is 1. The number of aromatic hydroxyl groups is 1. The van der Waals surface area contributed by atoms with Crippen LogP contribution in [0.2, 0.25) is 0 Å². The fraction of sp³-hybridized carbons (Fsp3) is 0.695. The second-order valence-electron chi connectivity index (χ2n) is 23.1. The van der Waals surface area contributed by atoms with Crippen molar-refractivity contribution in [1.29, 1.82) is 0 Å². The minimum atomic E-state index is -1.57. The summed E-state index contributed by atoms with van der Waals surface area (Å²) in [4.78, 5) is 127. The lowest BCUT2D eigenvalue weighted by atomic mass is 9.92. The van der Waals surface area contributed by atoms with Gasteiger partial charge in [-0.3, -0.25) is 48.7 Å². The van der Waals surface area contributed by atoms with Crippen LogP contribution in [0.25, 0.3) is 0 Å². The number of carbonyl (C=O) groups excluding carboxylic acids is 9. The summed E-state index contributed by atoms with van der Waals surface area (Å²) < 4.78 is 16.8. The van der Waals surface area contributed by atoms with E-state index < -0.39 is 121 Å². The van der Waals surface area contributed by atoms with Crippen molar-refractivity contribution in [3.63, 3.8) is 0 Å². The second kappa shape index (κ2) is 40.8. The highest BCUT2D eigenvalue weighted by molar-refractivity contribution is 8.76. The number of likely N-dealkylation sites (tertiary alicyclic amines) is 1. The molecule has 2 unspecified atom stereocenters. The molecule has 13 N–H and O–H groups in total. The predicted octanol–water partition coefficient (Wildman–Crippen LogP) is 2.57. The summed E-state index contributed by atoms with van der Waals surface area (Å²) in [5, 5.41) is 60.8. The van der Waals surface area contributed by atoms with Gasteiger partial charge in [0.15, 0.2) is 12.8 Å².